The van der Waals surface area contributed by atoms with E-state index in [-0.39, 0.29) is 5.91 Å². The van der Waals surface area contributed by atoms with Gasteiger partial charge in [0.2, 0.25) is 5.89 Å². The molecule has 4 rings (SSSR count). The number of hydrogen-bond donors (Lipinski definition) is 1. The van der Waals surface area contributed by atoms with Crippen LogP contribution in [0.2, 0.25) is 5.02 Å². The minimum atomic E-state index is -0.244. The lowest BCUT2D eigenvalue weighted by Crippen LogP contribution is -2.12. The van der Waals surface area contributed by atoms with E-state index in [1.165, 1.54) is 0 Å². The number of aromatic nitrogens is 1. The fourth-order valence-electron chi connectivity index (χ4n) is 2.76. The van der Waals surface area contributed by atoms with Crippen molar-refractivity contribution in [3.8, 4) is 11.5 Å². The molecular weight excluding hydrogens is 348 g/mol. The van der Waals surface area contributed by atoms with Crippen molar-refractivity contribution in [2.75, 3.05) is 5.32 Å². The molecule has 5 heteroatoms. The topological polar surface area (TPSA) is 55.1 Å². The molecule has 1 heterocycles. The molecule has 1 aromatic heterocycles. The maximum absolute atomic E-state index is 12.5. The normalized spacial score (nSPS) is 10.8. The van der Waals surface area contributed by atoms with Crippen molar-refractivity contribution in [2.24, 2.45) is 0 Å². The Kier molecular flexibility index (Phi) is 4.19. The molecule has 0 bridgehead atoms. The molecule has 26 heavy (non-hydrogen) atoms. The maximum Gasteiger partial charge on any atom is 0.255 e. The molecule has 3 aromatic carbocycles. The highest BCUT2D eigenvalue weighted by Crippen LogP contribution is 2.30. The van der Waals surface area contributed by atoms with Crippen LogP contribution in [0.3, 0.4) is 0 Å². The second-order valence-electron chi connectivity index (χ2n) is 6.00. The van der Waals surface area contributed by atoms with Crippen LogP contribution in [-0.2, 0) is 0 Å². The zero-order chi connectivity index (χ0) is 18.1. The molecule has 0 aliphatic heterocycles. The lowest BCUT2D eigenvalue weighted by Gasteiger charge is -2.09. The van der Waals surface area contributed by atoms with E-state index in [2.05, 4.69) is 10.3 Å². The van der Waals surface area contributed by atoms with E-state index >= 15 is 0 Å². The molecule has 0 aliphatic carbocycles. The molecular formula is C21H15ClN2O2. The second kappa shape index (κ2) is 6.65. The molecule has 0 atom stereocenters. The SMILES string of the molecule is Cc1ccc2oc(-c3ccccc3NC(=O)c3cccc(Cl)c3)nc2c1. The Labute approximate surface area is 155 Å². The maximum atomic E-state index is 12.5. The van der Waals surface area contributed by atoms with Gasteiger partial charge in [0, 0.05) is 10.6 Å². The molecule has 4 nitrogen and oxygen atoms in total. The van der Waals surface area contributed by atoms with E-state index in [4.69, 9.17) is 16.0 Å². The van der Waals surface area contributed by atoms with Gasteiger partial charge < -0.3 is 9.73 Å². The van der Waals surface area contributed by atoms with E-state index in [0.717, 1.165) is 16.6 Å². The Morgan fingerprint density at radius 3 is 2.73 bits per heavy atom. The van der Waals surface area contributed by atoms with Crippen LogP contribution in [0.25, 0.3) is 22.6 Å². The van der Waals surface area contributed by atoms with E-state index in [1.54, 1.807) is 24.3 Å². The smallest absolute Gasteiger partial charge is 0.255 e. The number of halogens is 1. The van der Waals surface area contributed by atoms with E-state index in [1.807, 2.05) is 49.4 Å². The van der Waals surface area contributed by atoms with Crippen LogP contribution in [0.5, 0.6) is 0 Å². The molecule has 1 N–H and O–H groups in total. The summed E-state index contributed by atoms with van der Waals surface area (Å²) in [6, 6.07) is 20.1. The summed E-state index contributed by atoms with van der Waals surface area (Å²) in [6.45, 7) is 2.01. The number of amides is 1. The highest BCUT2D eigenvalue weighted by molar-refractivity contribution is 6.31. The molecule has 1 amide bonds. The molecule has 0 unspecified atom stereocenters. The third kappa shape index (κ3) is 3.19. The van der Waals surface area contributed by atoms with Gasteiger partial charge in [0.05, 0.1) is 11.3 Å². The number of anilines is 1. The van der Waals surface area contributed by atoms with Crippen LogP contribution < -0.4 is 5.32 Å². The number of para-hydroxylation sites is 1. The lowest BCUT2D eigenvalue weighted by atomic mass is 10.1. The van der Waals surface area contributed by atoms with Gasteiger partial charge in [-0.1, -0.05) is 35.9 Å². The largest absolute Gasteiger partial charge is 0.436 e. The number of fused-ring (bicyclic) bond motifs is 1. The monoisotopic (exact) mass is 362 g/mol. The summed E-state index contributed by atoms with van der Waals surface area (Å²) >= 11 is 5.97. The number of rotatable bonds is 3. The van der Waals surface area contributed by atoms with Gasteiger partial charge in [-0.15, -0.1) is 0 Å². The first-order chi connectivity index (χ1) is 12.6. The average Bonchev–Trinajstić information content (AvgIpc) is 3.05. The molecule has 4 aromatic rings. The van der Waals surface area contributed by atoms with Gasteiger partial charge in [-0.3, -0.25) is 4.79 Å². The molecule has 0 radical (unpaired) electrons. The van der Waals surface area contributed by atoms with Crippen LogP contribution in [-0.4, -0.2) is 10.9 Å². The summed E-state index contributed by atoms with van der Waals surface area (Å²) in [4.78, 5) is 17.1. The van der Waals surface area contributed by atoms with Crippen molar-refractivity contribution in [1.82, 2.24) is 4.98 Å². The van der Waals surface area contributed by atoms with Gasteiger partial charge in [-0.2, -0.15) is 0 Å². The van der Waals surface area contributed by atoms with Gasteiger partial charge in [0.25, 0.3) is 5.91 Å². The first-order valence-corrected chi connectivity index (χ1v) is 8.51. The number of carbonyl (C=O) groups is 1. The van der Waals surface area contributed by atoms with Gasteiger partial charge in [-0.05, 0) is 55.0 Å². The van der Waals surface area contributed by atoms with Crippen molar-refractivity contribution >= 4 is 34.3 Å². The number of aryl methyl sites for hydroxylation is 1. The fourth-order valence-corrected chi connectivity index (χ4v) is 2.95. The second-order valence-corrected chi connectivity index (χ2v) is 6.44. The number of oxazole rings is 1. The molecule has 0 spiro atoms. The van der Waals surface area contributed by atoms with Crippen molar-refractivity contribution in [3.05, 3.63) is 82.9 Å². The summed E-state index contributed by atoms with van der Waals surface area (Å²) in [6.07, 6.45) is 0. The zero-order valence-corrected chi connectivity index (χ0v) is 14.7. The van der Waals surface area contributed by atoms with Crippen molar-refractivity contribution in [2.45, 2.75) is 6.92 Å². The zero-order valence-electron chi connectivity index (χ0n) is 14.0. The molecule has 0 saturated heterocycles. The Bertz CT molecular complexity index is 1120. The fraction of sp³-hybridized carbons (Fsp3) is 0.0476. The third-order valence-corrected chi connectivity index (χ3v) is 4.27. The Morgan fingerprint density at radius 1 is 1.04 bits per heavy atom. The number of benzene rings is 3. The number of nitrogens with one attached hydrogen (secondary N) is 1. The van der Waals surface area contributed by atoms with Gasteiger partial charge >= 0.3 is 0 Å². The van der Waals surface area contributed by atoms with Crippen LogP contribution in [0.15, 0.2) is 71.1 Å². The predicted molar refractivity (Wildman–Crippen MR) is 104 cm³/mol. The molecule has 128 valence electrons. The molecule has 0 saturated carbocycles. The quantitative estimate of drug-likeness (QED) is 0.508. The third-order valence-electron chi connectivity index (χ3n) is 4.04. The first-order valence-electron chi connectivity index (χ1n) is 8.14. The Balaban J connectivity index is 1.71. The van der Waals surface area contributed by atoms with Crippen LogP contribution in [0.4, 0.5) is 5.69 Å². The van der Waals surface area contributed by atoms with Crippen LogP contribution in [0.1, 0.15) is 15.9 Å². The highest BCUT2D eigenvalue weighted by atomic mass is 35.5. The highest BCUT2D eigenvalue weighted by Gasteiger charge is 2.15. The van der Waals surface area contributed by atoms with E-state index in [9.17, 15) is 4.79 Å². The minimum absolute atomic E-state index is 0.244. The van der Waals surface area contributed by atoms with Crippen molar-refractivity contribution < 1.29 is 9.21 Å². The van der Waals surface area contributed by atoms with E-state index < -0.39 is 0 Å². The standard InChI is InChI=1S/C21H15ClN2O2/c1-13-9-10-19-18(11-13)24-21(26-19)16-7-2-3-8-17(16)23-20(25)14-5-4-6-15(22)12-14/h2-12H,1H3,(H,23,25). The van der Waals surface area contributed by atoms with Gasteiger partial charge in [0.15, 0.2) is 5.58 Å². The Hall–Kier alpha value is -3.11. The average molecular weight is 363 g/mol. The lowest BCUT2D eigenvalue weighted by molar-refractivity contribution is 0.102. The first kappa shape index (κ1) is 16.4. The number of nitrogens with zero attached hydrogens (tertiary/aromatic N) is 1. The number of hydrogen-bond acceptors (Lipinski definition) is 3. The van der Waals surface area contributed by atoms with Crippen molar-refractivity contribution in [3.63, 3.8) is 0 Å². The number of carbonyl (C=O) groups excluding carboxylic acids is 1. The van der Waals surface area contributed by atoms with E-state index in [0.29, 0.717) is 27.7 Å². The summed E-state index contributed by atoms with van der Waals surface area (Å²) in [5, 5.41) is 3.42. The Morgan fingerprint density at radius 2 is 1.88 bits per heavy atom. The van der Waals surface area contributed by atoms with Crippen molar-refractivity contribution in [1.29, 1.82) is 0 Å². The predicted octanol–water partition coefficient (Wildman–Crippen LogP) is 5.71. The minimum Gasteiger partial charge on any atom is -0.436 e. The summed E-state index contributed by atoms with van der Waals surface area (Å²) in [5.74, 6) is 0.222. The van der Waals surface area contributed by atoms with Crippen LogP contribution >= 0.6 is 11.6 Å². The summed E-state index contributed by atoms with van der Waals surface area (Å²) < 4.78 is 5.87. The summed E-state index contributed by atoms with van der Waals surface area (Å²) in [5.41, 5.74) is 4.44. The van der Waals surface area contributed by atoms with Gasteiger partial charge in [0.1, 0.15) is 5.52 Å². The summed E-state index contributed by atoms with van der Waals surface area (Å²) in [7, 11) is 0. The van der Waals surface area contributed by atoms with Crippen LogP contribution in [0, 0.1) is 6.92 Å². The molecule has 0 aliphatic rings. The van der Waals surface area contributed by atoms with Gasteiger partial charge in [-0.25, -0.2) is 4.98 Å². The molecule has 0 fully saturated rings.